The molecule has 0 radical (unpaired) electrons. The summed E-state index contributed by atoms with van der Waals surface area (Å²) < 4.78 is 5.66. The standard InChI is InChI=1S/C30H39N5O6/c1-17(2)25-27(38)33-24(16-36)28(39)35-14-6-7-22(34-35)26(37)31-18(3)21-11-10-20-9-8-19(15-23(20)32-21)12-13-30(4,5)29(40)41-25/h8-13,15,17-18,22,24-25,34,36H,6-7,14,16H2,1-5H3,(H,31,37)(H,33,38)/b13-12+/t18-,22+,24+,25+/m1/s1. The molecule has 4 rings (SSSR count). The third-order valence-corrected chi connectivity index (χ3v) is 7.42. The molecule has 1 aromatic heterocycles. The van der Waals surface area contributed by atoms with E-state index in [0.717, 1.165) is 16.5 Å². The first-order valence-corrected chi connectivity index (χ1v) is 14.0. The molecule has 0 saturated carbocycles. The highest BCUT2D eigenvalue weighted by Gasteiger charge is 2.37. The van der Waals surface area contributed by atoms with Crippen molar-refractivity contribution in [3.63, 3.8) is 0 Å². The fourth-order valence-electron chi connectivity index (χ4n) is 4.78. The molecular weight excluding hydrogens is 526 g/mol. The average molecular weight is 566 g/mol. The van der Waals surface area contributed by atoms with Crippen LogP contribution in [-0.2, 0) is 23.9 Å². The van der Waals surface area contributed by atoms with Gasteiger partial charge in [0.25, 0.3) is 11.8 Å². The van der Waals surface area contributed by atoms with Gasteiger partial charge >= 0.3 is 5.97 Å². The number of hydrogen-bond acceptors (Lipinski definition) is 8. The molecule has 11 nitrogen and oxygen atoms in total. The molecule has 3 heterocycles. The van der Waals surface area contributed by atoms with E-state index in [1.807, 2.05) is 37.3 Å². The molecule has 11 heteroatoms. The molecule has 2 aliphatic rings. The number of benzene rings is 1. The van der Waals surface area contributed by atoms with Crippen LogP contribution in [0.15, 0.2) is 36.4 Å². The van der Waals surface area contributed by atoms with E-state index < -0.39 is 60.0 Å². The van der Waals surface area contributed by atoms with E-state index in [-0.39, 0.29) is 5.91 Å². The van der Waals surface area contributed by atoms with Gasteiger partial charge in [-0.1, -0.05) is 44.2 Å². The molecule has 0 aliphatic carbocycles. The highest BCUT2D eigenvalue weighted by Crippen LogP contribution is 2.25. The summed E-state index contributed by atoms with van der Waals surface area (Å²) in [7, 11) is 0. The maximum Gasteiger partial charge on any atom is 0.316 e. The number of nitrogens with zero attached hydrogens (tertiary/aromatic N) is 2. The predicted octanol–water partition coefficient (Wildman–Crippen LogP) is 2.01. The molecule has 1 saturated heterocycles. The Hall–Kier alpha value is -3.83. The summed E-state index contributed by atoms with van der Waals surface area (Å²) in [5, 5.41) is 17.7. The van der Waals surface area contributed by atoms with Crippen molar-refractivity contribution in [1.29, 1.82) is 0 Å². The van der Waals surface area contributed by atoms with Crippen molar-refractivity contribution in [3.8, 4) is 0 Å². The van der Waals surface area contributed by atoms with E-state index in [9.17, 15) is 24.3 Å². The largest absolute Gasteiger partial charge is 0.451 e. The van der Waals surface area contributed by atoms with Crippen molar-refractivity contribution in [3.05, 3.63) is 47.7 Å². The monoisotopic (exact) mass is 565 g/mol. The van der Waals surface area contributed by atoms with Crippen molar-refractivity contribution in [2.75, 3.05) is 13.2 Å². The zero-order chi connectivity index (χ0) is 29.9. The molecule has 1 aromatic carbocycles. The van der Waals surface area contributed by atoms with E-state index in [1.165, 1.54) is 5.01 Å². The minimum atomic E-state index is -1.29. The van der Waals surface area contributed by atoms with E-state index in [2.05, 4.69) is 16.1 Å². The number of carbonyl (C=O) groups is 4. The lowest BCUT2D eigenvalue weighted by atomic mass is 9.92. The number of hydrogen-bond donors (Lipinski definition) is 4. The number of esters is 1. The van der Waals surface area contributed by atoms with Crippen molar-refractivity contribution in [2.45, 2.75) is 71.7 Å². The number of aliphatic hydroxyl groups is 1. The summed E-state index contributed by atoms with van der Waals surface area (Å²) >= 11 is 0. The Morgan fingerprint density at radius 1 is 1.10 bits per heavy atom. The fourth-order valence-corrected chi connectivity index (χ4v) is 4.78. The number of cyclic esters (lactones) is 1. The quantitative estimate of drug-likeness (QED) is 0.404. The van der Waals surface area contributed by atoms with E-state index >= 15 is 0 Å². The van der Waals surface area contributed by atoms with Gasteiger partial charge in [-0.15, -0.1) is 0 Å². The molecule has 4 N–H and O–H groups in total. The van der Waals surface area contributed by atoms with Crippen LogP contribution in [0.2, 0.25) is 0 Å². The first-order valence-electron chi connectivity index (χ1n) is 14.0. The maximum absolute atomic E-state index is 13.3. The number of ether oxygens (including phenoxy) is 1. The molecule has 4 atom stereocenters. The van der Waals surface area contributed by atoms with E-state index in [1.54, 1.807) is 39.8 Å². The Labute approximate surface area is 239 Å². The minimum absolute atomic E-state index is 0.293. The lowest BCUT2D eigenvalue weighted by Crippen LogP contribution is -2.62. The van der Waals surface area contributed by atoms with Crippen molar-refractivity contribution < 1.29 is 29.0 Å². The summed E-state index contributed by atoms with van der Waals surface area (Å²) in [6, 6.07) is 7.17. The lowest BCUT2D eigenvalue weighted by Gasteiger charge is -2.35. The number of amides is 3. The molecule has 5 bridgehead atoms. The molecule has 220 valence electrons. The SMILES string of the molecule is CC(C)[C@@H]1OC(=O)C(C)(C)/C=C/c2ccc3ccc(nc3c2)[C@@H](C)NC(=O)[C@@H]2CCCN(N2)C(=O)[C@H](CO)NC1=O. The first kappa shape index (κ1) is 30.1. The van der Waals surface area contributed by atoms with Crippen LogP contribution in [-0.4, -0.2) is 70.1 Å². The number of nitrogens with one attached hydrogen (secondary N) is 3. The zero-order valence-corrected chi connectivity index (χ0v) is 24.1. The van der Waals surface area contributed by atoms with Crippen LogP contribution >= 0.6 is 0 Å². The second-order valence-electron chi connectivity index (χ2n) is 11.6. The van der Waals surface area contributed by atoms with Crippen LogP contribution in [0.3, 0.4) is 0 Å². The van der Waals surface area contributed by atoms with Gasteiger partial charge in [-0.25, -0.2) is 5.43 Å². The van der Waals surface area contributed by atoms with Gasteiger partial charge in [-0.3, -0.25) is 29.2 Å². The van der Waals surface area contributed by atoms with Gasteiger partial charge in [0.05, 0.1) is 29.3 Å². The molecular formula is C30H39N5O6. The summed E-state index contributed by atoms with van der Waals surface area (Å²) in [5.41, 5.74) is 4.09. The summed E-state index contributed by atoms with van der Waals surface area (Å²) in [6.07, 6.45) is 3.36. The van der Waals surface area contributed by atoms with Crippen LogP contribution in [0.5, 0.6) is 0 Å². The molecule has 3 amide bonds. The zero-order valence-electron chi connectivity index (χ0n) is 24.1. The third-order valence-electron chi connectivity index (χ3n) is 7.42. The van der Waals surface area contributed by atoms with Crippen LogP contribution in [0.4, 0.5) is 0 Å². The number of pyridine rings is 1. The van der Waals surface area contributed by atoms with Crippen LogP contribution in [0.25, 0.3) is 17.0 Å². The van der Waals surface area contributed by atoms with Crippen molar-refractivity contribution in [2.24, 2.45) is 11.3 Å². The third kappa shape index (κ3) is 6.91. The summed E-state index contributed by atoms with van der Waals surface area (Å²) in [5.74, 6) is -2.60. The lowest BCUT2D eigenvalue weighted by molar-refractivity contribution is -0.165. The first-order chi connectivity index (χ1) is 19.4. The highest BCUT2D eigenvalue weighted by atomic mass is 16.5. The smallest absolute Gasteiger partial charge is 0.316 e. The summed E-state index contributed by atoms with van der Waals surface area (Å²) in [4.78, 5) is 57.6. The van der Waals surface area contributed by atoms with Gasteiger partial charge in [-0.2, -0.15) is 0 Å². The Bertz CT molecular complexity index is 1360. The van der Waals surface area contributed by atoms with Gasteiger partial charge in [-0.05, 0) is 57.2 Å². The van der Waals surface area contributed by atoms with Crippen molar-refractivity contribution >= 4 is 40.7 Å². The number of carbonyl (C=O) groups excluding carboxylic acids is 4. The number of hydrazine groups is 1. The Morgan fingerprint density at radius 2 is 1.83 bits per heavy atom. The van der Waals surface area contributed by atoms with E-state index in [0.29, 0.717) is 25.1 Å². The number of rotatable bonds is 2. The fraction of sp³-hybridized carbons (Fsp3) is 0.500. The van der Waals surface area contributed by atoms with Crippen LogP contribution < -0.4 is 16.1 Å². The van der Waals surface area contributed by atoms with Crippen LogP contribution in [0, 0.1) is 11.3 Å². The second-order valence-corrected chi connectivity index (χ2v) is 11.6. The number of aromatic nitrogens is 1. The minimum Gasteiger partial charge on any atom is -0.451 e. The summed E-state index contributed by atoms with van der Waals surface area (Å²) in [6.45, 7) is 8.30. The van der Waals surface area contributed by atoms with Gasteiger partial charge in [0.15, 0.2) is 6.10 Å². The van der Waals surface area contributed by atoms with Gasteiger partial charge in [0.2, 0.25) is 5.91 Å². The number of aliphatic hydroxyl groups excluding tert-OH is 1. The highest BCUT2D eigenvalue weighted by molar-refractivity contribution is 5.92. The molecule has 2 aliphatic heterocycles. The maximum atomic E-state index is 13.3. The molecule has 1 fully saturated rings. The Balaban J connectivity index is 1.72. The van der Waals surface area contributed by atoms with Crippen molar-refractivity contribution in [1.82, 2.24) is 26.1 Å². The average Bonchev–Trinajstić information content (AvgIpc) is 2.95. The topological polar surface area (TPSA) is 150 Å². The Morgan fingerprint density at radius 3 is 2.54 bits per heavy atom. The molecule has 41 heavy (non-hydrogen) atoms. The van der Waals surface area contributed by atoms with E-state index in [4.69, 9.17) is 9.72 Å². The Kier molecular flexibility index (Phi) is 9.08. The molecule has 2 aromatic rings. The van der Waals surface area contributed by atoms with Gasteiger partial charge in [0.1, 0.15) is 12.1 Å². The normalized spacial score (nSPS) is 26.9. The molecule has 0 unspecified atom stereocenters. The predicted molar refractivity (Wildman–Crippen MR) is 153 cm³/mol. The van der Waals surface area contributed by atoms with Gasteiger partial charge < -0.3 is 20.5 Å². The van der Waals surface area contributed by atoms with Crippen LogP contribution in [0.1, 0.15) is 64.8 Å². The van der Waals surface area contributed by atoms with Gasteiger partial charge in [0, 0.05) is 11.9 Å². The second kappa shape index (κ2) is 12.4. The molecule has 0 spiro atoms. The number of fused-ring (bicyclic) bond motifs is 4.